The van der Waals surface area contributed by atoms with E-state index < -0.39 is 0 Å². The molecule has 50 heavy (non-hydrogen) atoms. The fourth-order valence-corrected chi connectivity index (χ4v) is 10.4. The molecule has 0 radical (unpaired) electrons. The first-order valence-electron chi connectivity index (χ1n) is 20.3. The van der Waals surface area contributed by atoms with Gasteiger partial charge in [-0.2, -0.15) is 0 Å². The van der Waals surface area contributed by atoms with Crippen LogP contribution in [-0.2, 0) is 77.0 Å². The van der Waals surface area contributed by atoms with Gasteiger partial charge in [-0.05, 0) is 217 Å². The second-order valence-electron chi connectivity index (χ2n) is 16.2. The molecule has 254 valence electrons. The minimum absolute atomic E-state index is 1.05. The van der Waals surface area contributed by atoms with Crippen molar-refractivity contribution in [3.63, 3.8) is 0 Å². The number of aryl methyl sites for hydroxylation is 3. The van der Waals surface area contributed by atoms with Crippen molar-refractivity contribution in [1.82, 2.24) is 0 Å². The summed E-state index contributed by atoms with van der Waals surface area (Å²) in [5.41, 5.74) is 25.6. The van der Waals surface area contributed by atoms with Crippen LogP contribution in [0.2, 0.25) is 0 Å². The molecule has 9 rings (SSSR count). The van der Waals surface area contributed by atoms with Gasteiger partial charge in [-0.1, -0.05) is 84.9 Å². The van der Waals surface area contributed by atoms with E-state index in [0.29, 0.717) is 0 Å². The monoisotopic (exact) mass is 654 g/mol. The fraction of sp³-hybridized carbons (Fsp3) is 0.400. The van der Waals surface area contributed by atoms with E-state index >= 15 is 0 Å². The average molecular weight is 655 g/mol. The molecule has 0 atom stereocenters. The highest BCUT2D eigenvalue weighted by atomic mass is 14.3. The lowest BCUT2D eigenvalue weighted by Crippen LogP contribution is -2.13. The van der Waals surface area contributed by atoms with Crippen LogP contribution < -0.4 is 0 Å². The molecule has 0 heterocycles. The van der Waals surface area contributed by atoms with Crippen LogP contribution in [0.1, 0.15) is 140 Å². The zero-order chi connectivity index (χ0) is 33.3. The summed E-state index contributed by atoms with van der Waals surface area (Å²) in [7, 11) is 0. The van der Waals surface area contributed by atoms with Gasteiger partial charge in [0.25, 0.3) is 0 Å². The van der Waals surface area contributed by atoms with E-state index in [-0.39, 0.29) is 0 Å². The van der Waals surface area contributed by atoms with Crippen molar-refractivity contribution in [2.75, 3.05) is 0 Å². The standard InChI is InChI=1S/C50H54/c1-4-21-46-38(14-1)17-10-19-41(46)29-35-12-9-13-36(28-35)30-45-33-37(31-40-16-3-6-23-48(40)45)32-43-26-27-44(50-25-8-7-24-49(43)50)34-42-20-11-18-39-15-2-5-22-47(39)42/h9-13,17-20,26-28,31,33H,1-8,14-16,21-25,29-30,32,34H2. The van der Waals surface area contributed by atoms with Crippen molar-refractivity contribution in [3.8, 4) is 0 Å². The Hall–Kier alpha value is -3.90. The molecule has 4 aliphatic carbocycles. The summed E-state index contributed by atoms with van der Waals surface area (Å²) in [5, 5.41) is 0. The van der Waals surface area contributed by atoms with E-state index in [0.717, 1.165) is 25.7 Å². The number of rotatable bonds is 8. The van der Waals surface area contributed by atoms with Gasteiger partial charge in [-0.15, -0.1) is 0 Å². The number of benzene rings is 5. The smallest absolute Gasteiger partial charge is 0.00201 e. The molecule has 0 nitrogen and oxygen atoms in total. The minimum Gasteiger partial charge on any atom is -0.0617 e. The normalized spacial score (nSPS) is 16.6. The third-order valence-corrected chi connectivity index (χ3v) is 12.9. The Balaban J connectivity index is 0.994. The zero-order valence-corrected chi connectivity index (χ0v) is 30.2. The first-order chi connectivity index (χ1) is 24.7. The second-order valence-corrected chi connectivity index (χ2v) is 16.2. The highest BCUT2D eigenvalue weighted by Crippen LogP contribution is 2.35. The number of hydrogen-bond acceptors (Lipinski definition) is 0. The van der Waals surface area contributed by atoms with Gasteiger partial charge in [-0.3, -0.25) is 0 Å². The Morgan fingerprint density at radius 2 is 0.700 bits per heavy atom. The van der Waals surface area contributed by atoms with Gasteiger partial charge in [0, 0.05) is 0 Å². The van der Waals surface area contributed by atoms with Crippen LogP contribution in [0.5, 0.6) is 0 Å². The van der Waals surface area contributed by atoms with Crippen LogP contribution in [0.4, 0.5) is 0 Å². The maximum Gasteiger partial charge on any atom is -0.00201 e. The van der Waals surface area contributed by atoms with E-state index in [2.05, 4.69) is 84.9 Å². The van der Waals surface area contributed by atoms with Crippen LogP contribution in [-0.4, -0.2) is 0 Å². The highest BCUT2D eigenvalue weighted by Gasteiger charge is 2.22. The molecule has 0 N–H and O–H groups in total. The Morgan fingerprint density at radius 3 is 1.32 bits per heavy atom. The molecule has 4 aliphatic rings. The molecule has 0 saturated heterocycles. The van der Waals surface area contributed by atoms with Crippen molar-refractivity contribution in [2.24, 2.45) is 0 Å². The largest absolute Gasteiger partial charge is 0.0617 e. The summed E-state index contributed by atoms with van der Waals surface area (Å²) in [6, 6.07) is 34.0. The summed E-state index contributed by atoms with van der Waals surface area (Å²) in [5.74, 6) is 0. The molecule has 0 fully saturated rings. The van der Waals surface area contributed by atoms with Crippen LogP contribution in [0.25, 0.3) is 0 Å². The molecule has 0 aromatic heterocycles. The van der Waals surface area contributed by atoms with Crippen molar-refractivity contribution >= 4 is 0 Å². The van der Waals surface area contributed by atoms with Gasteiger partial charge < -0.3 is 0 Å². The predicted octanol–water partition coefficient (Wildman–Crippen LogP) is 11.6. The quantitative estimate of drug-likeness (QED) is 0.156. The summed E-state index contributed by atoms with van der Waals surface area (Å²) in [4.78, 5) is 0. The molecule has 0 bridgehead atoms. The molecule has 0 spiro atoms. The maximum absolute atomic E-state index is 2.61. The van der Waals surface area contributed by atoms with Crippen LogP contribution >= 0.6 is 0 Å². The van der Waals surface area contributed by atoms with Crippen LogP contribution in [0.3, 0.4) is 0 Å². The van der Waals surface area contributed by atoms with Crippen molar-refractivity contribution in [3.05, 3.63) is 174 Å². The van der Waals surface area contributed by atoms with Gasteiger partial charge in [-0.25, -0.2) is 0 Å². The molecule has 0 aliphatic heterocycles. The molecular weight excluding hydrogens is 601 g/mol. The molecule has 0 unspecified atom stereocenters. The number of fused-ring (bicyclic) bond motifs is 4. The topological polar surface area (TPSA) is 0 Å². The summed E-state index contributed by atoms with van der Waals surface area (Å²) >= 11 is 0. The van der Waals surface area contributed by atoms with E-state index in [1.165, 1.54) is 119 Å². The van der Waals surface area contributed by atoms with E-state index in [1.54, 1.807) is 72.3 Å². The summed E-state index contributed by atoms with van der Waals surface area (Å²) in [6.45, 7) is 0. The lowest BCUT2D eigenvalue weighted by molar-refractivity contribution is 0.669. The van der Waals surface area contributed by atoms with Crippen LogP contribution in [0, 0.1) is 0 Å². The Morgan fingerprint density at radius 1 is 0.280 bits per heavy atom. The van der Waals surface area contributed by atoms with Crippen molar-refractivity contribution in [1.29, 1.82) is 0 Å². The zero-order valence-electron chi connectivity index (χ0n) is 30.2. The van der Waals surface area contributed by atoms with Gasteiger partial charge >= 0.3 is 0 Å². The Labute approximate surface area is 301 Å². The lowest BCUT2D eigenvalue weighted by Gasteiger charge is -2.26. The average Bonchev–Trinajstić information content (AvgIpc) is 3.16. The van der Waals surface area contributed by atoms with Gasteiger partial charge in [0.1, 0.15) is 0 Å². The fourth-order valence-electron chi connectivity index (χ4n) is 10.4. The Bertz CT molecular complexity index is 2020. The van der Waals surface area contributed by atoms with Gasteiger partial charge in [0.2, 0.25) is 0 Å². The van der Waals surface area contributed by atoms with Crippen molar-refractivity contribution < 1.29 is 0 Å². The number of hydrogen-bond donors (Lipinski definition) is 0. The molecule has 0 amide bonds. The maximum atomic E-state index is 2.61. The van der Waals surface area contributed by atoms with Gasteiger partial charge in [0.05, 0.1) is 0 Å². The third-order valence-electron chi connectivity index (χ3n) is 12.9. The van der Waals surface area contributed by atoms with Crippen LogP contribution in [0.15, 0.2) is 84.9 Å². The molecule has 5 aromatic rings. The third kappa shape index (κ3) is 6.64. The molecular formula is C50H54. The van der Waals surface area contributed by atoms with Gasteiger partial charge in [0.15, 0.2) is 0 Å². The SMILES string of the molecule is c1cc(Cc2cccc3c2CCCC3)cc(Cc2cc(Cc3ccc(Cc4cccc5c4CCCC5)c4c3CCCC4)cc3c2CCCC3)c1. The predicted molar refractivity (Wildman–Crippen MR) is 210 cm³/mol. The lowest BCUT2D eigenvalue weighted by atomic mass is 9.79. The van der Waals surface area contributed by atoms with Crippen molar-refractivity contribution in [2.45, 2.75) is 128 Å². The summed E-state index contributed by atoms with van der Waals surface area (Å²) in [6.07, 6.45) is 25.1. The molecule has 0 heteroatoms. The van der Waals surface area contributed by atoms with E-state index in [1.807, 2.05) is 0 Å². The first kappa shape index (κ1) is 32.0. The molecule has 5 aromatic carbocycles. The molecule has 0 saturated carbocycles. The van der Waals surface area contributed by atoms with E-state index in [9.17, 15) is 0 Å². The highest BCUT2D eigenvalue weighted by molar-refractivity contribution is 5.51. The minimum atomic E-state index is 1.05. The summed E-state index contributed by atoms with van der Waals surface area (Å²) < 4.78 is 0. The Kier molecular flexibility index (Phi) is 9.21. The first-order valence-corrected chi connectivity index (χ1v) is 20.3. The second kappa shape index (κ2) is 14.4. The van der Waals surface area contributed by atoms with E-state index in [4.69, 9.17) is 0 Å².